The number of H-pyrrole nitrogens is 2. The lowest BCUT2D eigenvalue weighted by atomic mass is 10.0. The Kier molecular flexibility index (Phi) is 14.6. The fraction of sp³-hybridized carbons (Fsp3) is 0.405. The number of aromatic amines is 2. The van der Waals surface area contributed by atoms with Gasteiger partial charge in [-0.25, -0.2) is 19.2 Å². The SMILES string of the molecule is CC(=O)O.CC(=O)O.CC(=O)O.CC(C)(C)OC(=O)N1CCC[C@H]1c1ncc(-c2ccc(-c3ccc(-c4cnc([C@@H]5CCCN5)[nH]4)cc3)cc2F)[nH]1. The number of nitrogens with one attached hydrogen (secondary N) is 3. The van der Waals surface area contributed by atoms with E-state index < -0.39 is 23.5 Å². The van der Waals surface area contributed by atoms with Crippen LogP contribution < -0.4 is 5.32 Å². The topological polar surface area (TPSA) is 211 Å². The second-order valence-electron chi connectivity index (χ2n) is 13.2. The van der Waals surface area contributed by atoms with Gasteiger partial charge in [-0.15, -0.1) is 0 Å². The number of carboxylic acid groups (broad SMARTS) is 3. The molecule has 0 bridgehead atoms. The number of carbonyl (C=O) groups is 4. The summed E-state index contributed by atoms with van der Waals surface area (Å²) < 4.78 is 20.9. The summed E-state index contributed by atoms with van der Waals surface area (Å²) in [6.45, 7) is 10.4. The average molecular weight is 723 g/mol. The third-order valence-corrected chi connectivity index (χ3v) is 7.57. The zero-order chi connectivity index (χ0) is 38.6. The highest BCUT2D eigenvalue weighted by atomic mass is 19.1. The van der Waals surface area contributed by atoms with Crippen LogP contribution in [0, 0.1) is 5.82 Å². The Morgan fingerprint density at radius 1 is 0.788 bits per heavy atom. The predicted molar refractivity (Wildman–Crippen MR) is 192 cm³/mol. The highest BCUT2D eigenvalue weighted by Gasteiger charge is 2.35. The van der Waals surface area contributed by atoms with Crippen LogP contribution in [-0.2, 0) is 19.1 Å². The smallest absolute Gasteiger partial charge is 0.410 e. The maximum atomic E-state index is 15.3. The van der Waals surface area contributed by atoms with Crippen molar-refractivity contribution in [3.05, 3.63) is 72.3 Å². The minimum atomic E-state index is -0.833. The molecule has 0 spiro atoms. The molecule has 2 saturated heterocycles. The summed E-state index contributed by atoms with van der Waals surface area (Å²) in [4.78, 5) is 57.2. The molecule has 15 heteroatoms. The van der Waals surface area contributed by atoms with E-state index in [0.29, 0.717) is 29.7 Å². The summed E-state index contributed by atoms with van der Waals surface area (Å²) in [5.74, 6) is -1.22. The Balaban J connectivity index is 0.000000532. The number of aliphatic carboxylic acids is 3. The van der Waals surface area contributed by atoms with Crippen LogP contribution in [0.25, 0.3) is 33.6 Å². The minimum absolute atomic E-state index is 0.218. The van der Waals surface area contributed by atoms with Crippen LogP contribution in [0.5, 0.6) is 0 Å². The van der Waals surface area contributed by atoms with Crippen molar-refractivity contribution >= 4 is 24.0 Å². The molecule has 1 amide bonds. The maximum absolute atomic E-state index is 15.3. The van der Waals surface area contributed by atoms with Crippen molar-refractivity contribution in [1.29, 1.82) is 0 Å². The Labute approximate surface area is 301 Å². The Hall–Kier alpha value is -5.57. The molecule has 2 aliphatic rings. The number of amides is 1. The second-order valence-corrected chi connectivity index (χ2v) is 13.2. The van der Waals surface area contributed by atoms with E-state index in [1.54, 1.807) is 23.2 Å². The molecule has 2 aromatic heterocycles. The van der Waals surface area contributed by atoms with Gasteiger partial charge in [0.2, 0.25) is 0 Å². The van der Waals surface area contributed by atoms with Crippen molar-refractivity contribution in [1.82, 2.24) is 30.2 Å². The van der Waals surface area contributed by atoms with Crippen LogP contribution in [0.3, 0.4) is 0 Å². The molecule has 2 aliphatic heterocycles. The molecule has 6 N–H and O–H groups in total. The average Bonchev–Trinajstić information content (AvgIpc) is 3.87. The first-order valence-electron chi connectivity index (χ1n) is 16.8. The van der Waals surface area contributed by atoms with Crippen molar-refractivity contribution in [2.24, 2.45) is 0 Å². The normalized spacial score (nSPS) is 16.3. The molecule has 0 unspecified atom stereocenters. The summed E-state index contributed by atoms with van der Waals surface area (Å²) in [6, 6.07) is 13.4. The number of hydrogen-bond acceptors (Lipinski definition) is 8. The molecule has 2 aromatic carbocycles. The van der Waals surface area contributed by atoms with Crippen LogP contribution in [0.4, 0.5) is 9.18 Å². The van der Waals surface area contributed by atoms with Crippen LogP contribution in [0.15, 0.2) is 54.9 Å². The molecule has 0 aliphatic carbocycles. The van der Waals surface area contributed by atoms with E-state index in [1.165, 1.54) is 6.42 Å². The fourth-order valence-corrected chi connectivity index (χ4v) is 5.57. The number of imidazole rings is 2. The molecule has 4 heterocycles. The summed E-state index contributed by atoms with van der Waals surface area (Å²) >= 11 is 0. The van der Waals surface area contributed by atoms with Gasteiger partial charge in [-0.05, 0) is 81.8 Å². The summed E-state index contributed by atoms with van der Waals surface area (Å²) in [7, 11) is 0. The van der Waals surface area contributed by atoms with Crippen LogP contribution in [0.2, 0.25) is 0 Å². The summed E-state index contributed by atoms with van der Waals surface area (Å²) in [6.07, 6.45) is 7.05. The highest BCUT2D eigenvalue weighted by molar-refractivity contribution is 5.72. The lowest BCUT2D eigenvalue weighted by Crippen LogP contribution is -2.36. The predicted octanol–water partition coefficient (Wildman–Crippen LogP) is 7.04. The number of likely N-dealkylation sites (tertiary alicyclic amines) is 1. The van der Waals surface area contributed by atoms with Gasteiger partial charge in [0.15, 0.2) is 0 Å². The molecule has 14 nitrogen and oxygen atoms in total. The van der Waals surface area contributed by atoms with Gasteiger partial charge < -0.3 is 35.3 Å². The molecular formula is C37H47FN6O8. The van der Waals surface area contributed by atoms with Gasteiger partial charge in [-0.3, -0.25) is 19.3 Å². The van der Waals surface area contributed by atoms with E-state index in [9.17, 15) is 4.79 Å². The van der Waals surface area contributed by atoms with E-state index in [0.717, 1.165) is 74.8 Å². The number of rotatable bonds is 5. The monoisotopic (exact) mass is 722 g/mol. The van der Waals surface area contributed by atoms with Gasteiger partial charge in [-0.2, -0.15) is 0 Å². The van der Waals surface area contributed by atoms with E-state index >= 15 is 4.39 Å². The lowest BCUT2D eigenvalue weighted by Gasteiger charge is -2.27. The van der Waals surface area contributed by atoms with Crippen molar-refractivity contribution in [2.45, 2.75) is 84.9 Å². The molecule has 6 rings (SSSR count). The van der Waals surface area contributed by atoms with Crippen molar-refractivity contribution in [2.75, 3.05) is 13.1 Å². The minimum Gasteiger partial charge on any atom is -0.481 e. The zero-order valence-corrected chi connectivity index (χ0v) is 30.2. The van der Waals surface area contributed by atoms with Crippen LogP contribution in [-0.4, -0.2) is 82.8 Å². The summed E-state index contributed by atoms with van der Waals surface area (Å²) in [5, 5.41) is 25.7. The third kappa shape index (κ3) is 12.6. The maximum Gasteiger partial charge on any atom is 0.410 e. The standard InChI is InChI=1S/C31H35FN6O2.3C2H4O2/c1-31(2,3)40-30(39)38-15-5-7-27(38)29-35-18-26(37-29)22-13-12-21(16-23(22)32)19-8-10-20(11-9-19)25-17-34-28(36-25)24-6-4-14-33-24;3*1-2(3)4/h8-13,16-18,24,27,33H,4-7,14-15H2,1-3H3,(H,34,36)(H,35,37);3*1H3,(H,3,4)/t24-,27-;;;/m0.../s1. The number of hydrogen-bond donors (Lipinski definition) is 6. The first kappa shape index (κ1) is 40.9. The Morgan fingerprint density at radius 3 is 1.88 bits per heavy atom. The molecule has 4 aromatic rings. The van der Waals surface area contributed by atoms with Gasteiger partial charge >= 0.3 is 6.09 Å². The van der Waals surface area contributed by atoms with E-state index in [-0.39, 0.29) is 18.0 Å². The van der Waals surface area contributed by atoms with Crippen molar-refractivity contribution < 1.29 is 43.6 Å². The van der Waals surface area contributed by atoms with Gasteiger partial charge in [0.05, 0.1) is 35.9 Å². The number of carbonyl (C=O) groups excluding carboxylic acids is 1. The molecule has 52 heavy (non-hydrogen) atoms. The van der Waals surface area contributed by atoms with Gasteiger partial charge in [0.25, 0.3) is 17.9 Å². The summed E-state index contributed by atoms with van der Waals surface area (Å²) in [5.41, 5.74) is 4.17. The Morgan fingerprint density at radius 2 is 1.33 bits per heavy atom. The lowest BCUT2D eigenvalue weighted by molar-refractivity contribution is -0.135. The molecule has 0 radical (unpaired) electrons. The quantitative estimate of drug-likeness (QED) is 0.123. The molecule has 280 valence electrons. The first-order valence-corrected chi connectivity index (χ1v) is 16.8. The fourth-order valence-electron chi connectivity index (χ4n) is 5.57. The molecule has 0 saturated carbocycles. The third-order valence-electron chi connectivity index (χ3n) is 7.57. The van der Waals surface area contributed by atoms with Crippen LogP contribution >= 0.6 is 0 Å². The van der Waals surface area contributed by atoms with Crippen molar-refractivity contribution in [3.8, 4) is 33.6 Å². The molecule has 2 fully saturated rings. The van der Waals surface area contributed by atoms with Gasteiger partial charge in [0.1, 0.15) is 23.1 Å². The molecule has 2 atom stereocenters. The largest absolute Gasteiger partial charge is 0.481 e. The number of aromatic nitrogens is 4. The van der Waals surface area contributed by atoms with E-state index in [2.05, 4.69) is 25.3 Å². The number of halogens is 1. The van der Waals surface area contributed by atoms with Gasteiger partial charge in [-0.1, -0.05) is 30.3 Å². The van der Waals surface area contributed by atoms with Gasteiger partial charge in [0, 0.05) is 32.9 Å². The number of carboxylic acids is 3. The highest BCUT2D eigenvalue weighted by Crippen LogP contribution is 2.34. The number of ether oxygens (including phenoxy) is 1. The second kappa shape index (κ2) is 18.6. The zero-order valence-electron chi connectivity index (χ0n) is 30.2. The van der Waals surface area contributed by atoms with E-state index in [4.69, 9.17) is 34.4 Å². The molecular weight excluding hydrogens is 675 g/mol. The van der Waals surface area contributed by atoms with E-state index in [1.807, 2.05) is 57.3 Å². The van der Waals surface area contributed by atoms with Crippen molar-refractivity contribution in [3.63, 3.8) is 0 Å². The number of nitrogens with zero attached hydrogens (tertiary/aromatic N) is 3. The number of benzene rings is 2. The van der Waals surface area contributed by atoms with Crippen LogP contribution in [0.1, 0.15) is 91.0 Å². The first-order chi connectivity index (χ1) is 24.4. The Bertz CT molecular complexity index is 1770.